The fraction of sp³-hybridized carbons (Fsp3) is 0.583. The lowest BCUT2D eigenvalue weighted by Crippen LogP contribution is -2.32. The molecule has 1 atom stereocenters. The minimum atomic E-state index is -0.0811. The first-order valence-corrected chi connectivity index (χ1v) is 5.76. The normalized spacial score (nSPS) is 12.5. The molecule has 0 aliphatic carbocycles. The number of aliphatic hydroxyl groups is 1. The van der Waals surface area contributed by atoms with Crippen molar-refractivity contribution in [3.63, 3.8) is 0 Å². The predicted molar refractivity (Wildman–Crippen MR) is 68.0 cm³/mol. The average Bonchev–Trinajstić information content (AvgIpc) is 2.34. The second kappa shape index (κ2) is 7.21. The lowest BCUT2D eigenvalue weighted by Gasteiger charge is -2.25. The van der Waals surface area contributed by atoms with Gasteiger partial charge in [0.15, 0.2) is 0 Å². The van der Waals surface area contributed by atoms with Gasteiger partial charge in [0.05, 0.1) is 13.2 Å². The molecule has 0 saturated heterocycles. The van der Waals surface area contributed by atoms with Crippen LogP contribution in [-0.2, 0) is 4.74 Å². The molecule has 1 rings (SSSR count). The van der Waals surface area contributed by atoms with Crippen LogP contribution in [0.15, 0.2) is 18.3 Å². The van der Waals surface area contributed by atoms with Crippen molar-refractivity contribution in [2.24, 2.45) is 5.73 Å². The number of aliphatic hydroxyl groups excluding tert-OH is 1. The Balaban J connectivity index is 2.91. The average molecular weight is 239 g/mol. The van der Waals surface area contributed by atoms with Crippen LogP contribution >= 0.6 is 0 Å². The van der Waals surface area contributed by atoms with Gasteiger partial charge in [-0.1, -0.05) is 6.07 Å². The van der Waals surface area contributed by atoms with E-state index in [-0.39, 0.29) is 12.6 Å². The van der Waals surface area contributed by atoms with Crippen LogP contribution in [0.3, 0.4) is 0 Å². The quantitative estimate of drug-likeness (QED) is 0.727. The van der Waals surface area contributed by atoms with Gasteiger partial charge in [-0.25, -0.2) is 4.98 Å². The molecule has 0 amide bonds. The van der Waals surface area contributed by atoms with Crippen molar-refractivity contribution in [3.8, 4) is 0 Å². The number of ether oxygens (including phenoxy) is 1. The molecular weight excluding hydrogens is 218 g/mol. The molecule has 0 fully saturated rings. The molecule has 0 unspecified atom stereocenters. The first-order valence-electron chi connectivity index (χ1n) is 5.76. The first kappa shape index (κ1) is 13.9. The Morgan fingerprint density at radius 1 is 1.53 bits per heavy atom. The Hall–Kier alpha value is -1.17. The van der Waals surface area contributed by atoms with Crippen LogP contribution in [-0.4, -0.2) is 43.5 Å². The summed E-state index contributed by atoms with van der Waals surface area (Å²) in [5.41, 5.74) is 6.90. The smallest absolute Gasteiger partial charge is 0.133 e. The highest BCUT2D eigenvalue weighted by atomic mass is 16.5. The number of nitrogens with zero attached hydrogens (tertiary/aromatic N) is 2. The third kappa shape index (κ3) is 3.96. The molecule has 96 valence electrons. The molecule has 17 heavy (non-hydrogen) atoms. The van der Waals surface area contributed by atoms with E-state index in [4.69, 9.17) is 15.6 Å². The van der Waals surface area contributed by atoms with E-state index < -0.39 is 0 Å². The Morgan fingerprint density at radius 3 is 2.88 bits per heavy atom. The van der Waals surface area contributed by atoms with Crippen molar-refractivity contribution in [1.82, 2.24) is 4.98 Å². The Morgan fingerprint density at radius 2 is 2.29 bits per heavy atom. The lowest BCUT2D eigenvalue weighted by atomic mass is 10.1. The summed E-state index contributed by atoms with van der Waals surface area (Å²) in [4.78, 5) is 6.34. The zero-order valence-electron chi connectivity index (χ0n) is 10.5. The fourth-order valence-electron chi connectivity index (χ4n) is 1.67. The van der Waals surface area contributed by atoms with E-state index in [9.17, 15) is 0 Å². The van der Waals surface area contributed by atoms with E-state index in [0.717, 1.165) is 11.4 Å². The molecule has 1 heterocycles. The third-order valence-electron chi connectivity index (χ3n) is 2.54. The summed E-state index contributed by atoms with van der Waals surface area (Å²) in [6, 6.07) is 3.75. The number of anilines is 1. The van der Waals surface area contributed by atoms with E-state index in [2.05, 4.69) is 4.98 Å². The van der Waals surface area contributed by atoms with Crippen molar-refractivity contribution in [2.75, 3.05) is 38.3 Å². The van der Waals surface area contributed by atoms with Crippen molar-refractivity contribution in [3.05, 3.63) is 23.9 Å². The molecule has 0 aliphatic rings. The molecule has 5 heteroatoms. The van der Waals surface area contributed by atoms with Crippen molar-refractivity contribution >= 4 is 5.82 Å². The van der Waals surface area contributed by atoms with E-state index in [1.807, 2.05) is 24.0 Å². The minimum absolute atomic E-state index is 0.0811. The summed E-state index contributed by atoms with van der Waals surface area (Å²) in [6.07, 6.45) is 1.73. The van der Waals surface area contributed by atoms with E-state index in [1.165, 1.54) is 0 Å². The van der Waals surface area contributed by atoms with Crippen LogP contribution < -0.4 is 10.6 Å². The maximum atomic E-state index is 9.09. The molecule has 0 aliphatic heterocycles. The second-order valence-electron chi connectivity index (χ2n) is 3.91. The fourth-order valence-corrected chi connectivity index (χ4v) is 1.67. The largest absolute Gasteiger partial charge is 0.395 e. The molecule has 0 saturated carbocycles. The zero-order chi connectivity index (χ0) is 12.7. The summed E-state index contributed by atoms with van der Waals surface area (Å²) in [5.74, 6) is 0.827. The number of pyridine rings is 1. The van der Waals surface area contributed by atoms with Gasteiger partial charge < -0.3 is 20.5 Å². The molecule has 5 nitrogen and oxygen atoms in total. The van der Waals surface area contributed by atoms with Crippen LogP contribution in [0.25, 0.3) is 0 Å². The molecule has 1 aromatic rings. The van der Waals surface area contributed by atoms with E-state index >= 15 is 0 Å². The van der Waals surface area contributed by atoms with Gasteiger partial charge in [0, 0.05) is 38.0 Å². The molecule has 0 radical (unpaired) electrons. The van der Waals surface area contributed by atoms with Crippen LogP contribution in [0.2, 0.25) is 0 Å². The van der Waals surface area contributed by atoms with Gasteiger partial charge in [-0.05, 0) is 13.0 Å². The van der Waals surface area contributed by atoms with Gasteiger partial charge in [0.2, 0.25) is 0 Å². The van der Waals surface area contributed by atoms with Crippen molar-refractivity contribution in [1.29, 1.82) is 0 Å². The summed E-state index contributed by atoms with van der Waals surface area (Å²) in [6.45, 7) is 3.81. The molecular formula is C12H21N3O2. The van der Waals surface area contributed by atoms with Gasteiger partial charge in [-0.3, -0.25) is 0 Å². The summed E-state index contributed by atoms with van der Waals surface area (Å²) < 4.78 is 5.06. The van der Waals surface area contributed by atoms with Gasteiger partial charge in [-0.15, -0.1) is 0 Å². The standard InChI is InChI=1S/C12H21N3O2/c1-10(13)11-4-3-5-14-12(11)15(6-8-16)7-9-17-2/h3-5,10,16H,6-9,13H2,1-2H3/t10-/m1/s1. The first-order chi connectivity index (χ1) is 8.20. The molecule has 3 N–H and O–H groups in total. The number of aromatic nitrogens is 1. The number of hydrogen-bond donors (Lipinski definition) is 2. The predicted octanol–water partition coefficient (Wildman–Crippen LogP) is 0.546. The zero-order valence-corrected chi connectivity index (χ0v) is 10.5. The summed E-state index contributed by atoms with van der Waals surface area (Å²) in [7, 11) is 1.65. The Bertz CT molecular complexity index is 331. The number of nitrogens with two attached hydrogens (primary N) is 1. The van der Waals surface area contributed by atoms with Crippen LogP contribution in [0.4, 0.5) is 5.82 Å². The van der Waals surface area contributed by atoms with Crippen LogP contribution in [0.5, 0.6) is 0 Å². The van der Waals surface area contributed by atoms with Gasteiger partial charge >= 0.3 is 0 Å². The second-order valence-corrected chi connectivity index (χ2v) is 3.91. The molecule has 0 spiro atoms. The SMILES string of the molecule is COCCN(CCO)c1ncccc1[C@@H](C)N. The minimum Gasteiger partial charge on any atom is -0.395 e. The third-order valence-corrected chi connectivity index (χ3v) is 2.54. The van der Waals surface area contributed by atoms with E-state index in [1.54, 1.807) is 13.3 Å². The van der Waals surface area contributed by atoms with Gasteiger partial charge in [0.1, 0.15) is 5.82 Å². The Labute approximate surface area is 102 Å². The van der Waals surface area contributed by atoms with Crippen LogP contribution in [0, 0.1) is 0 Å². The topological polar surface area (TPSA) is 71.6 Å². The van der Waals surface area contributed by atoms with Crippen LogP contribution in [0.1, 0.15) is 18.5 Å². The number of methoxy groups -OCH3 is 1. The Kier molecular flexibility index (Phi) is 5.90. The van der Waals surface area contributed by atoms with Crippen molar-refractivity contribution in [2.45, 2.75) is 13.0 Å². The van der Waals surface area contributed by atoms with Gasteiger partial charge in [0.25, 0.3) is 0 Å². The highest BCUT2D eigenvalue weighted by Gasteiger charge is 2.14. The summed E-state index contributed by atoms with van der Waals surface area (Å²) in [5, 5.41) is 9.09. The lowest BCUT2D eigenvalue weighted by molar-refractivity contribution is 0.202. The van der Waals surface area contributed by atoms with Crippen molar-refractivity contribution < 1.29 is 9.84 Å². The number of hydrogen-bond acceptors (Lipinski definition) is 5. The summed E-state index contributed by atoms with van der Waals surface area (Å²) >= 11 is 0. The van der Waals surface area contributed by atoms with E-state index in [0.29, 0.717) is 19.7 Å². The molecule has 1 aromatic heterocycles. The number of rotatable bonds is 7. The molecule has 0 aromatic carbocycles. The molecule has 0 bridgehead atoms. The van der Waals surface area contributed by atoms with Gasteiger partial charge in [-0.2, -0.15) is 0 Å². The highest BCUT2D eigenvalue weighted by Crippen LogP contribution is 2.21. The monoisotopic (exact) mass is 239 g/mol. The maximum absolute atomic E-state index is 9.09. The highest BCUT2D eigenvalue weighted by molar-refractivity contribution is 5.48. The maximum Gasteiger partial charge on any atom is 0.133 e.